The van der Waals surface area contributed by atoms with E-state index in [1.54, 1.807) is 18.2 Å². The van der Waals surface area contributed by atoms with Crippen LogP contribution in [-0.4, -0.2) is 61.3 Å². The molecule has 1 atom stereocenters. The number of aryl methyl sites for hydroxylation is 1. The number of ether oxygens (including phenoxy) is 2. The summed E-state index contributed by atoms with van der Waals surface area (Å²) >= 11 is 0. The van der Waals surface area contributed by atoms with Crippen LogP contribution in [0.4, 0.5) is 15.8 Å². The smallest absolute Gasteiger partial charge is 0.255 e. The van der Waals surface area contributed by atoms with Crippen LogP contribution in [0.2, 0.25) is 0 Å². The van der Waals surface area contributed by atoms with Crippen molar-refractivity contribution in [3.8, 4) is 5.88 Å². The summed E-state index contributed by atoms with van der Waals surface area (Å²) in [5.74, 6) is 0.689. The van der Waals surface area contributed by atoms with Gasteiger partial charge in [-0.05, 0) is 73.9 Å². The maximum absolute atomic E-state index is 14.3. The first-order chi connectivity index (χ1) is 24.9. The Balaban J connectivity index is 0.964. The highest BCUT2D eigenvalue weighted by atomic mass is 19.1. The third kappa shape index (κ3) is 6.81. The summed E-state index contributed by atoms with van der Waals surface area (Å²) in [6, 6.07) is 21.3. The summed E-state index contributed by atoms with van der Waals surface area (Å²) in [6.07, 6.45) is 4.09. The van der Waals surface area contributed by atoms with Gasteiger partial charge in [-0.2, -0.15) is 5.10 Å². The van der Waals surface area contributed by atoms with Crippen LogP contribution in [0.1, 0.15) is 46.0 Å². The summed E-state index contributed by atoms with van der Waals surface area (Å²) < 4.78 is 28.2. The largest absolute Gasteiger partial charge is 0.473 e. The van der Waals surface area contributed by atoms with Gasteiger partial charge < -0.3 is 19.4 Å². The lowest BCUT2D eigenvalue weighted by atomic mass is 10.0. The van der Waals surface area contributed by atoms with Crippen LogP contribution in [0.5, 0.6) is 5.88 Å². The van der Waals surface area contributed by atoms with Crippen molar-refractivity contribution in [1.29, 1.82) is 0 Å². The number of fused-ring (bicyclic) bond motifs is 2. The number of benzene rings is 3. The number of rotatable bonds is 10. The lowest BCUT2D eigenvalue weighted by molar-refractivity contribution is -0.0591. The SMILES string of the molecule is [C-]#[N+]c1ccc(COc2cccc(C3=CCN(Cc4nc5ccc(C(=O)Nc6ccc7n[nH]c(C)c7c6)cc5n4CC4CCO4)CC3)n2)c(F)c1. The summed E-state index contributed by atoms with van der Waals surface area (Å²) in [4.78, 5) is 28.7. The van der Waals surface area contributed by atoms with Gasteiger partial charge in [-0.3, -0.25) is 14.8 Å². The van der Waals surface area contributed by atoms with E-state index in [-0.39, 0.29) is 24.3 Å². The van der Waals surface area contributed by atoms with Crippen LogP contribution < -0.4 is 10.1 Å². The van der Waals surface area contributed by atoms with Gasteiger partial charge in [-0.15, -0.1) is 0 Å². The number of aromatic nitrogens is 5. The zero-order valence-electron chi connectivity index (χ0n) is 28.0. The molecule has 0 spiro atoms. The summed E-state index contributed by atoms with van der Waals surface area (Å²) in [7, 11) is 0. The Morgan fingerprint density at radius 3 is 2.78 bits per heavy atom. The number of nitrogens with zero attached hydrogens (tertiary/aromatic N) is 6. The highest BCUT2D eigenvalue weighted by molar-refractivity contribution is 6.06. The van der Waals surface area contributed by atoms with E-state index in [1.807, 2.05) is 55.5 Å². The molecule has 5 heterocycles. The number of nitrogens with one attached hydrogen (secondary N) is 2. The van der Waals surface area contributed by atoms with Gasteiger partial charge in [-0.25, -0.2) is 19.2 Å². The second-order valence-electron chi connectivity index (χ2n) is 12.9. The number of carbonyl (C=O) groups is 1. The number of anilines is 1. The predicted molar refractivity (Wildman–Crippen MR) is 192 cm³/mol. The maximum atomic E-state index is 14.3. The Morgan fingerprint density at radius 1 is 1.12 bits per heavy atom. The second-order valence-corrected chi connectivity index (χ2v) is 12.9. The molecule has 1 amide bonds. The van der Waals surface area contributed by atoms with Gasteiger partial charge >= 0.3 is 0 Å². The third-order valence-electron chi connectivity index (χ3n) is 9.52. The number of pyridine rings is 1. The third-order valence-corrected chi connectivity index (χ3v) is 9.52. The van der Waals surface area contributed by atoms with E-state index in [0.29, 0.717) is 35.8 Å². The first kappa shape index (κ1) is 32.3. The van der Waals surface area contributed by atoms with Crippen molar-refractivity contribution in [2.45, 2.75) is 45.6 Å². The van der Waals surface area contributed by atoms with Gasteiger partial charge in [0.25, 0.3) is 5.91 Å². The van der Waals surface area contributed by atoms with Crippen molar-refractivity contribution >= 4 is 44.8 Å². The van der Waals surface area contributed by atoms with E-state index in [0.717, 1.165) is 77.3 Å². The fourth-order valence-corrected chi connectivity index (χ4v) is 6.53. The quantitative estimate of drug-likeness (QED) is 0.147. The van der Waals surface area contributed by atoms with Crippen LogP contribution in [0.25, 0.3) is 32.4 Å². The van der Waals surface area contributed by atoms with Gasteiger partial charge in [-0.1, -0.05) is 24.3 Å². The molecule has 0 saturated carbocycles. The molecule has 0 bridgehead atoms. The van der Waals surface area contributed by atoms with Crippen molar-refractivity contribution in [1.82, 2.24) is 29.6 Å². The molecular weight excluding hydrogens is 647 g/mol. The highest BCUT2D eigenvalue weighted by Crippen LogP contribution is 2.28. The van der Waals surface area contributed by atoms with Crippen molar-refractivity contribution in [3.63, 3.8) is 0 Å². The molecule has 2 aliphatic heterocycles. The number of carbonyl (C=O) groups excluding carboxylic acids is 1. The van der Waals surface area contributed by atoms with Crippen molar-refractivity contribution in [2.24, 2.45) is 0 Å². The number of hydrogen-bond acceptors (Lipinski definition) is 7. The average Bonchev–Trinajstić information content (AvgIpc) is 3.67. The minimum Gasteiger partial charge on any atom is -0.473 e. The maximum Gasteiger partial charge on any atom is 0.255 e. The number of hydrogen-bond donors (Lipinski definition) is 2. The molecule has 8 rings (SSSR count). The fraction of sp³-hybridized carbons (Fsp3) is 0.256. The molecule has 256 valence electrons. The van der Waals surface area contributed by atoms with E-state index in [1.165, 1.54) is 6.07 Å². The Morgan fingerprint density at radius 2 is 2.00 bits per heavy atom. The van der Waals surface area contributed by atoms with E-state index < -0.39 is 5.82 Å². The number of halogens is 1. The minimum atomic E-state index is -0.468. The molecule has 12 heteroatoms. The van der Waals surface area contributed by atoms with Crippen molar-refractivity contribution in [2.75, 3.05) is 25.0 Å². The van der Waals surface area contributed by atoms with Crippen LogP contribution in [0.3, 0.4) is 0 Å². The zero-order chi connectivity index (χ0) is 34.9. The van der Waals surface area contributed by atoms with Crippen LogP contribution in [0, 0.1) is 19.3 Å². The molecule has 2 N–H and O–H groups in total. The van der Waals surface area contributed by atoms with Gasteiger partial charge in [0.15, 0.2) is 5.69 Å². The summed E-state index contributed by atoms with van der Waals surface area (Å²) in [6.45, 7) is 12.6. The number of H-pyrrole nitrogens is 1. The van der Waals surface area contributed by atoms with Crippen LogP contribution in [0.15, 0.2) is 78.9 Å². The molecule has 3 aromatic heterocycles. The van der Waals surface area contributed by atoms with E-state index >= 15 is 0 Å². The normalized spacial score (nSPS) is 16.1. The van der Waals surface area contributed by atoms with E-state index in [9.17, 15) is 9.18 Å². The Kier molecular flexibility index (Phi) is 8.73. The average molecular weight is 683 g/mol. The van der Waals surface area contributed by atoms with Crippen molar-refractivity contribution < 1.29 is 18.7 Å². The molecule has 11 nitrogen and oxygen atoms in total. The number of amides is 1. The fourth-order valence-electron chi connectivity index (χ4n) is 6.53. The molecule has 0 radical (unpaired) electrons. The predicted octanol–water partition coefficient (Wildman–Crippen LogP) is 7.22. The van der Waals surface area contributed by atoms with Crippen LogP contribution in [-0.2, 0) is 24.4 Å². The highest BCUT2D eigenvalue weighted by Gasteiger charge is 2.24. The van der Waals surface area contributed by atoms with E-state index in [2.05, 4.69) is 35.9 Å². The minimum absolute atomic E-state index is 0.0223. The molecule has 1 unspecified atom stereocenters. The molecule has 2 aliphatic rings. The lowest BCUT2D eigenvalue weighted by Crippen LogP contribution is -2.33. The Hall–Kier alpha value is -5.90. The van der Waals surface area contributed by atoms with Crippen molar-refractivity contribution in [3.05, 3.63) is 124 Å². The van der Waals surface area contributed by atoms with Gasteiger partial charge in [0.1, 0.15) is 18.2 Å². The van der Waals surface area contributed by atoms with Gasteiger partial charge in [0.2, 0.25) is 5.88 Å². The molecule has 1 fully saturated rings. The van der Waals surface area contributed by atoms with Gasteiger partial charge in [0, 0.05) is 53.7 Å². The molecule has 51 heavy (non-hydrogen) atoms. The number of aromatic amines is 1. The molecular formula is C39H35FN8O3. The van der Waals surface area contributed by atoms with Crippen LogP contribution >= 0.6 is 0 Å². The molecule has 1 saturated heterocycles. The molecule has 6 aromatic rings. The standard InChI is InChI=1S/C39H35FN8O3/c1-24-31-19-29(9-11-34(31)46-45-24)42-39(49)26-7-10-35-36(18-26)48(21-30-14-17-50-30)37(43-35)22-47-15-12-25(13-16-47)33-4-3-5-38(44-33)51-23-27-6-8-28(41-2)20-32(27)40/h3-12,18-20,30H,13-17,21-23H2,1H3,(H,42,49)(H,45,46). The Bertz CT molecular complexity index is 2350. The molecule has 0 aliphatic carbocycles. The lowest BCUT2D eigenvalue weighted by Gasteiger charge is -2.29. The van der Waals surface area contributed by atoms with Gasteiger partial charge in [0.05, 0.1) is 48.0 Å². The topological polar surface area (TPSA) is 115 Å². The number of imidazole rings is 1. The molecule has 3 aromatic carbocycles. The van der Waals surface area contributed by atoms with E-state index in [4.69, 9.17) is 26.0 Å². The zero-order valence-corrected chi connectivity index (χ0v) is 28.0. The summed E-state index contributed by atoms with van der Waals surface area (Å²) in [5, 5.41) is 11.3. The first-order valence-electron chi connectivity index (χ1n) is 16.9. The monoisotopic (exact) mass is 682 g/mol. The second kappa shape index (κ2) is 13.8. The first-order valence-corrected chi connectivity index (χ1v) is 16.9. The Labute approximate surface area is 293 Å². The summed E-state index contributed by atoms with van der Waals surface area (Å²) in [5.41, 5.74) is 7.40.